The van der Waals surface area contributed by atoms with Gasteiger partial charge < -0.3 is 9.55 Å². The summed E-state index contributed by atoms with van der Waals surface area (Å²) in [6.45, 7) is 0. The van der Waals surface area contributed by atoms with Crippen LogP contribution in [0.1, 0.15) is 22.6 Å². The first-order valence-corrected chi connectivity index (χ1v) is 11.7. The Morgan fingerprint density at radius 3 is 2.64 bits per heavy atom. The van der Waals surface area contributed by atoms with E-state index in [0.29, 0.717) is 23.3 Å². The molecule has 0 saturated carbocycles. The van der Waals surface area contributed by atoms with Crippen molar-refractivity contribution in [3.05, 3.63) is 60.0 Å². The van der Waals surface area contributed by atoms with E-state index in [-0.39, 0.29) is 17.2 Å². The Bertz CT molecular complexity index is 1470. The van der Waals surface area contributed by atoms with Crippen molar-refractivity contribution < 1.29 is 18.0 Å². The van der Waals surface area contributed by atoms with Crippen molar-refractivity contribution in [1.82, 2.24) is 29.7 Å². The summed E-state index contributed by atoms with van der Waals surface area (Å²) < 4.78 is 27.7. The van der Waals surface area contributed by atoms with Crippen LogP contribution in [0.3, 0.4) is 0 Å². The lowest BCUT2D eigenvalue weighted by Crippen LogP contribution is -2.41. The van der Waals surface area contributed by atoms with Crippen molar-refractivity contribution in [3.63, 3.8) is 0 Å². The lowest BCUT2D eigenvalue weighted by atomic mass is 10.2. The van der Waals surface area contributed by atoms with E-state index < -0.39 is 15.9 Å². The first kappa shape index (κ1) is 22.5. The van der Waals surface area contributed by atoms with E-state index in [9.17, 15) is 18.0 Å². The summed E-state index contributed by atoms with van der Waals surface area (Å²) in [5.41, 5.74) is 7.41. The number of para-hydroxylation sites is 1. The number of hydrogen-bond acceptors (Lipinski definition) is 5. The van der Waals surface area contributed by atoms with Crippen LogP contribution < -0.4 is 10.9 Å². The quantitative estimate of drug-likeness (QED) is 0.371. The predicted molar refractivity (Wildman–Crippen MR) is 124 cm³/mol. The van der Waals surface area contributed by atoms with Crippen LogP contribution in [0, 0.1) is 0 Å². The second-order valence-electron chi connectivity index (χ2n) is 7.78. The van der Waals surface area contributed by atoms with E-state index in [2.05, 4.69) is 20.8 Å². The summed E-state index contributed by atoms with van der Waals surface area (Å²) in [7, 11) is 1.18. The largest absolute Gasteiger partial charge is 0.360 e. The number of H-pyrrole nitrogens is 1. The van der Waals surface area contributed by atoms with E-state index in [1.807, 2.05) is 35.9 Å². The summed E-state index contributed by atoms with van der Waals surface area (Å²) >= 11 is 0. The van der Waals surface area contributed by atoms with Crippen molar-refractivity contribution in [3.8, 4) is 0 Å². The molecule has 0 aliphatic rings. The molecule has 4 rings (SSSR count). The van der Waals surface area contributed by atoms with Crippen LogP contribution >= 0.6 is 0 Å². The number of rotatable bonds is 6. The summed E-state index contributed by atoms with van der Waals surface area (Å²) in [6, 6.07) is 12.1. The number of sulfonamides is 1. The van der Waals surface area contributed by atoms with Gasteiger partial charge >= 0.3 is 0 Å². The lowest BCUT2D eigenvalue weighted by molar-refractivity contribution is -0.121. The Kier molecular flexibility index (Phi) is 5.91. The number of amides is 2. The average Bonchev–Trinajstić information content (AvgIpc) is 3.36. The van der Waals surface area contributed by atoms with Gasteiger partial charge in [-0.3, -0.25) is 20.4 Å². The van der Waals surface area contributed by atoms with Crippen molar-refractivity contribution in [1.29, 1.82) is 0 Å². The van der Waals surface area contributed by atoms with E-state index in [0.717, 1.165) is 20.7 Å². The first-order valence-electron chi connectivity index (χ1n) is 10.2. The molecule has 4 aromatic rings. The third-order valence-corrected chi connectivity index (χ3v) is 7.26. The standard InChI is InChI=1S/C22H24N6O4S/c1-27(2)33(31,32)14-8-9-19-18(12-14)24-20(28(19)3)10-11-21(29)25-26-22(30)16-13-23-17-7-5-4-6-15(16)17/h4-9,12-13,23H,10-11H2,1-3H3,(H,25,29)(H,26,30). The molecule has 2 aromatic carbocycles. The minimum atomic E-state index is -3.57. The van der Waals surface area contributed by atoms with Gasteiger partial charge in [-0.25, -0.2) is 17.7 Å². The van der Waals surface area contributed by atoms with Crippen molar-refractivity contribution in [2.45, 2.75) is 17.7 Å². The molecule has 33 heavy (non-hydrogen) atoms. The molecule has 10 nitrogen and oxygen atoms in total. The van der Waals surface area contributed by atoms with Gasteiger partial charge in [0.15, 0.2) is 0 Å². The molecule has 0 atom stereocenters. The maximum absolute atomic E-state index is 12.4. The zero-order valence-electron chi connectivity index (χ0n) is 18.4. The molecule has 0 radical (unpaired) electrons. The van der Waals surface area contributed by atoms with Crippen LogP contribution in [0.2, 0.25) is 0 Å². The van der Waals surface area contributed by atoms with Crippen LogP contribution in [-0.2, 0) is 28.3 Å². The monoisotopic (exact) mass is 468 g/mol. The van der Waals surface area contributed by atoms with Gasteiger partial charge in [-0.1, -0.05) is 18.2 Å². The Morgan fingerprint density at radius 2 is 1.88 bits per heavy atom. The molecule has 0 bridgehead atoms. The summed E-state index contributed by atoms with van der Waals surface area (Å²) in [4.78, 5) is 32.4. The molecule has 2 aromatic heterocycles. The predicted octanol–water partition coefficient (Wildman–Crippen LogP) is 1.70. The molecule has 0 aliphatic heterocycles. The highest BCUT2D eigenvalue weighted by atomic mass is 32.2. The van der Waals surface area contributed by atoms with Gasteiger partial charge in [-0.15, -0.1) is 0 Å². The van der Waals surface area contributed by atoms with Gasteiger partial charge in [-0.05, 0) is 24.3 Å². The van der Waals surface area contributed by atoms with Crippen LogP contribution in [0.4, 0.5) is 0 Å². The van der Waals surface area contributed by atoms with Crippen molar-refractivity contribution >= 4 is 43.8 Å². The minimum absolute atomic E-state index is 0.0914. The fraction of sp³-hybridized carbons (Fsp3) is 0.227. The molecule has 11 heteroatoms. The number of benzene rings is 2. The highest BCUT2D eigenvalue weighted by molar-refractivity contribution is 7.89. The molecule has 3 N–H and O–H groups in total. The van der Waals surface area contributed by atoms with Gasteiger partial charge in [0.2, 0.25) is 15.9 Å². The van der Waals surface area contributed by atoms with E-state index in [1.54, 1.807) is 12.3 Å². The minimum Gasteiger partial charge on any atom is -0.360 e. The van der Waals surface area contributed by atoms with Gasteiger partial charge in [0.1, 0.15) is 5.82 Å². The van der Waals surface area contributed by atoms with Crippen molar-refractivity contribution in [2.24, 2.45) is 7.05 Å². The highest BCUT2D eigenvalue weighted by Crippen LogP contribution is 2.22. The number of aromatic amines is 1. The average molecular weight is 469 g/mol. The molecule has 2 amide bonds. The molecule has 0 spiro atoms. The second-order valence-corrected chi connectivity index (χ2v) is 9.93. The molecule has 0 unspecified atom stereocenters. The number of fused-ring (bicyclic) bond motifs is 2. The number of hydrazine groups is 1. The van der Waals surface area contributed by atoms with Crippen LogP contribution in [-0.4, -0.2) is 53.2 Å². The molecule has 0 saturated heterocycles. The fourth-order valence-electron chi connectivity index (χ4n) is 3.57. The third-order valence-electron chi connectivity index (χ3n) is 5.45. The highest BCUT2D eigenvalue weighted by Gasteiger charge is 2.19. The normalized spacial score (nSPS) is 11.9. The fourth-order valence-corrected chi connectivity index (χ4v) is 4.49. The molecule has 2 heterocycles. The smallest absolute Gasteiger partial charge is 0.271 e. The number of aryl methyl sites for hydroxylation is 2. The Balaban J connectivity index is 1.40. The Morgan fingerprint density at radius 1 is 1.12 bits per heavy atom. The van der Waals surface area contributed by atoms with Gasteiger partial charge in [0, 0.05) is 51.1 Å². The van der Waals surface area contributed by atoms with Crippen molar-refractivity contribution in [2.75, 3.05) is 14.1 Å². The lowest BCUT2D eigenvalue weighted by Gasteiger charge is -2.10. The number of nitrogens with zero attached hydrogens (tertiary/aromatic N) is 3. The SMILES string of the molecule is CN(C)S(=O)(=O)c1ccc2c(c1)nc(CCC(=O)NNC(=O)c1c[nH]c3ccccc13)n2C. The number of carbonyl (C=O) groups excluding carboxylic acids is 2. The molecule has 172 valence electrons. The van der Waals surface area contributed by atoms with E-state index in [1.165, 1.54) is 26.2 Å². The molecular weight excluding hydrogens is 444 g/mol. The Labute approximate surface area is 190 Å². The topological polar surface area (TPSA) is 129 Å². The molecule has 0 aliphatic carbocycles. The number of carbonyl (C=O) groups is 2. The number of nitrogens with one attached hydrogen (secondary N) is 3. The maximum atomic E-state index is 12.4. The van der Waals surface area contributed by atoms with Gasteiger partial charge in [0.25, 0.3) is 5.91 Å². The first-order chi connectivity index (χ1) is 15.7. The van der Waals surface area contributed by atoms with Crippen LogP contribution in [0.15, 0.2) is 53.6 Å². The summed E-state index contributed by atoms with van der Waals surface area (Å²) in [6.07, 6.45) is 2.00. The zero-order valence-corrected chi connectivity index (χ0v) is 19.2. The summed E-state index contributed by atoms with van der Waals surface area (Å²) in [5, 5.41) is 0.764. The second kappa shape index (κ2) is 8.68. The number of imidazole rings is 1. The van der Waals surface area contributed by atoms with Crippen LogP contribution in [0.25, 0.3) is 21.9 Å². The molecule has 0 fully saturated rings. The Hall–Kier alpha value is -3.70. The summed E-state index contributed by atoms with van der Waals surface area (Å²) in [5.74, 6) is -0.160. The maximum Gasteiger partial charge on any atom is 0.271 e. The third kappa shape index (κ3) is 4.32. The number of hydrogen-bond donors (Lipinski definition) is 3. The zero-order chi connectivity index (χ0) is 23.8. The molecular formula is C22H24N6O4S. The van der Waals surface area contributed by atoms with Crippen LogP contribution in [0.5, 0.6) is 0 Å². The van der Waals surface area contributed by atoms with Gasteiger partial charge in [0.05, 0.1) is 21.5 Å². The van der Waals surface area contributed by atoms with Gasteiger partial charge in [-0.2, -0.15) is 0 Å². The number of aromatic nitrogens is 3. The van der Waals surface area contributed by atoms with E-state index in [4.69, 9.17) is 0 Å². The van der Waals surface area contributed by atoms with E-state index >= 15 is 0 Å².